The largest absolute Gasteiger partial charge is 0.366 e. The highest BCUT2D eigenvalue weighted by atomic mass is 32.2. The summed E-state index contributed by atoms with van der Waals surface area (Å²) in [7, 11) is -3.58. The number of nitrogens with zero attached hydrogens (tertiary/aromatic N) is 1. The van der Waals surface area contributed by atoms with Crippen LogP contribution in [0.3, 0.4) is 0 Å². The van der Waals surface area contributed by atoms with Crippen molar-refractivity contribution in [2.75, 3.05) is 18.4 Å². The van der Waals surface area contributed by atoms with E-state index in [0.717, 1.165) is 6.42 Å². The average molecular weight is 416 g/mol. The van der Waals surface area contributed by atoms with Gasteiger partial charge in [0, 0.05) is 29.9 Å². The zero-order valence-corrected chi connectivity index (χ0v) is 17.3. The Balaban J connectivity index is 1.72. The molecule has 0 spiro atoms. The summed E-state index contributed by atoms with van der Waals surface area (Å²) in [6, 6.07) is 12.1. The number of piperidine rings is 1. The van der Waals surface area contributed by atoms with Crippen molar-refractivity contribution in [3.05, 3.63) is 59.7 Å². The maximum Gasteiger partial charge on any atom is 0.255 e. The summed E-state index contributed by atoms with van der Waals surface area (Å²) < 4.78 is 27.4. The van der Waals surface area contributed by atoms with Crippen molar-refractivity contribution in [3.8, 4) is 0 Å². The summed E-state index contributed by atoms with van der Waals surface area (Å²) in [5.74, 6) is -0.280. The van der Waals surface area contributed by atoms with Gasteiger partial charge < -0.3 is 11.1 Å². The van der Waals surface area contributed by atoms with Crippen molar-refractivity contribution in [3.63, 3.8) is 0 Å². The number of carbonyl (C=O) groups is 2. The van der Waals surface area contributed by atoms with Crippen LogP contribution in [0.2, 0.25) is 0 Å². The average Bonchev–Trinajstić information content (AvgIpc) is 2.67. The number of primary amides is 1. The van der Waals surface area contributed by atoms with E-state index in [-0.39, 0.29) is 10.8 Å². The first kappa shape index (κ1) is 21.0. The third kappa shape index (κ3) is 4.83. The van der Waals surface area contributed by atoms with Crippen LogP contribution in [0.15, 0.2) is 53.4 Å². The second-order valence-corrected chi connectivity index (χ2v) is 9.63. The van der Waals surface area contributed by atoms with E-state index in [1.165, 1.54) is 40.7 Å². The highest BCUT2D eigenvalue weighted by molar-refractivity contribution is 7.89. The zero-order chi connectivity index (χ0) is 21.2. The Bertz CT molecular complexity index is 991. The molecule has 0 radical (unpaired) electrons. The minimum Gasteiger partial charge on any atom is -0.366 e. The number of anilines is 1. The van der Waals surface area contributed by atoms with Crippen molar-refractivity contribution >= 4 is 27.5 Å². The summed E-state index contributed by atoms with van der Waals surface area (Å²) in [6.45, 7) is 5.13. The summed E-state index contributed by atoms with van der Waals surface area (Å²) >= 11 is 0. The zero-order valence-electron chi connectivity index (χ0n) is 16.5. The molecule has 29 heavy (non-hydrogen) atoms. The van der Waals surface area contributed by atoms with E-state index in [0.29, 0.717) is 41.7 Å². The second-order valence-electron chi connectivity index (χ2n) is 7.69. The SMILES string of the molecule is C[C@@H]1C[C@@H](C)CN(S(=O)(=O)c2ccc(C(=O)Nc3ccc(C(N)=O)cc3)cc2)C1. The van der Waals surface area contributed by atoms with Gasteiger partial charge in [-0.3, -0.25) is 9.59 Å². The number of nitrogens with two attached hydrogens (primary N) is 1. The Morgan fingerprint density at radius 1 is 0.931 bits per heavy atom. The molecule has 0 aromatic heterocycles. The van der Waals surface area contributed by atoms with Crippen LogP contribution in [0.4, 0.5) is 5.69 Å². The van der Waals surface area contributed by atoms with E-state index in [1.54, 1.807) is 12.1 Å². The third-order valence-corrected chi connectivity index (χ3v) is 6.86. The number of sulfonamides is 1. The molecule has 8 heteroatoms. The fraction of sp³-hybridized carbons (Fsp3) is 0.333. The molecular weight excluding hydrogens is 390 g/mol. The second kappa shape index (κ2) is 8.34. The Labute approximate surface area is 171 Å². The molecule has 0 saturated carbocycles. The van der Waals surface area contributed by atoms with E-state index in [4.69, 9.17) is 5.73 Å². The molecule has 1 fully saturated rings. The van der Waals surface area contributed by atoms with E-state index in [2.05, 4.69) is 19.2 Å². The molecular formula is C21H25N3O4S. The molecule has 2 atom stereocenters. The molecule has 1 aliphatic heterocycles. The van der Waals surface area contributed by atoms with Gasteiger partial charge in [-0.1, -0.05) is 13.8 Å². The molecule has 0 bridgehead atoms. The first-order chi connectivity index (χ1) is 13.7. The quantitative estimate of drug-likeness (QED) is 0.782. The van der Waals surface area contributed by atoms with Crippen molar-refractivity contribution in [2.24, 2.45) is 17.6 Å². The van der Waals surface area contributed by atoms with Crippen LogP contribution in [0.5, 0.6) is 0 Å². The van der Waals surface area contributed by atoms with Gasteiger partial charge >= 0.3 is 0 Å². The Morgan fingerprint density at radius 3 is 1.97 bits per heavy atom. The molecule has 7 nitrogen and oxygen atoms in total. The number of hydrogen-bond donors (Lipinski definition) is 2. The fourth-order valence-electron chi connectivity index (χ4n) is 3.65. The minimum atomic E-state index is -3.58. The van der Waals surface area contributed by atoms with E-state index < -0.39 is 15.9 Å². The molecule has 2 amide bonds. The summed E-state index contributed by atoms with van der Waals surface area (Å²) in [4.78, 5) is 23.7. The maximum absolute atomic E-state index is 12.9. The van der Waals surface area contributed by atoms with E-state index in [9.17, 15) is 18.0 Å². The molecule has 3 N–H and O–H groups in total. The lowest BCUT2D eigenvalue weighted by Crippen LogP contribution is -2.42. The highest BCUT2D eigenvalue weighted by Gasteiger charge is 2.31. The number of carbonyl (C=O) groups excluding carboxylic acids is 2. The van der Waals surface area contributed by atoms with Gasteiger partial charge in [-0.2, -0.15) is 4.31 Å². The lowest BCUT2D eigenvalue weighted by molar-refractivity contribution is 0.0998. The molecule has 0 aliphatic carbocycles. The van der Waals surface area contributed by atoms with E-state index in [1.807, 2.05) is 0 Å². The Morgan fingerprint density at radius 2 is 1.45 bits per heavy atom. The van der Waals surface area contributed by atoms with Gasteiger partial charge in [-0.05, 0) is 66.8 Å². The number of hydrogen-bond acceptors (Lipinski definition) is 4. The molecule has 0 unspecified atom stereocenters. The predicted molar refractivity (Wildman–Crippen MR) is 111 cm³/mol. The molecule has 2 aromatic rings. The fourth-order valence-corrected chi connectivity index (χ4v) is 5.33. The Hall–Kier alpha value is -2.71. The van der Waals surface area contributed by atoms with Crippen LogP contribution in [0.25, 0.3) is 0 Å². The molecule has 2 aromatic carbocycles. The number of amides is 2. The van der Waals surface area contributed by atoms with Crippen LogP contribution in [-0.4, -0.2) is 37.6 Å². The van der Waals surface area contributed by atoms with Crippen molar-refractivity contribution in [2.45, 2.75) is 25.2 Å². The van der Waals surface area contributed by atoms with Gasteiger partial charge in [0.05, 0.1) is 4.90 Å². The van der Waals surface area contributed by atoms with Crippen LogP contribution in [-0.2, 0) is 10.0 Å². The van der Waals surface area contributed by atoms with Crippen LogP contribution < -0.4 is 11.1 Å². The topological polar surface area (TPSA) is 110 Å². The third-order valence-electron chi connectivity index (χ3n) is 5.02. The molecule has 3 rings (SSSR count). The molecule has 1 aliphatic rings. The van der Waals surface area contributed by atoms with Crippen molar-refractivity contribution in [1.29, 1.82) is 0 Å². The minimum absolute atomic E-state index is 0.182. The van der Waals surface area contributed by atoms with Gasteiger partial charge in [-0.25, -0.2) is 8.42 Å². The van der Waals surface area contributed by atoms with Crippen LogP contribution >= 0.6 is 0 Å². The van der Waals surface area contributed by atoms with Crippen molar-refractivity contribution < 1.29 is 18.0 Å². The summed E-state index contributed by atoms with van der Waals surface area (Å²) in [6.07, 6.45) is 1.02. The van der Waals surface area contributed by atoms with Gasteiger partial charge in [0.2, 0.25) is 15.9 Å². The summed E-state index contributed by atoms with van der Waals surface area (Å²) in [5.41, 5.74) is 6.39. The van der Waals surface area contributed by atoms with Gasteiger partial charge in [0.25, 0.3) is 5.91 Å². The van der Waals surface area contributed by atoms with Crippen LogP contribution in [0.1, 0.15) is 41.0 Å². The normalized spacial score (nSPS) is 20.2. The monoisotopic (exact) mass is 415 g/mol. The number of rotatable bonds is 5. The van der Waals surface area contributed by atoms with Crippen molar-refractivity contribution in [1.82, 2.24) is 4.31 Å². The first-order valence-corrected chi connectivity index (χ1v) is 10.9. The smallest absolute Gasteiger partial charge is 0.255 e. The van der Waals surface area contributed by atoms with Gasteiger partial charge in [0.1, 0.15) is 0 Å². The predicted octanol–water partition coefficient (Wildman–Crippen LogP) is 2.70. The Kier molecular flexibility index (Phi) is 6.04. The van der Waals surface area contributed by atoms with Crippen LogP contribution in [0, 0.1) is 11.8 Å². The molecule has 1 saturated heterocycles. The van der Waals surface area contributed by atoms with E-state index >= 15 is 0 Å². The molecule has 1 heterocycles. The number of benzene rings is 2. The lowest BCUT2D eigenvalue weighted by Gasteiger charge is -2.34. The summed E-state index contributed by atoms with van der Waals surface area (Å²) in [5, 5.41) is 2.71. The first-order valence-electron chi connectivity index (χ1n) is 9.48. The maximum atomic E-state index is 12.9. The lowest BCUT2D eigenvalue weighted by atomic mass is 9.94. The van der Waals surface area contributed by atoms with Gasteiger partial charge in [0.15, 0.2) is 0 Å². The number of nitrogens with one attached hydrogen (secondary N) is 1. The highest BCUT2D eigenvalue weighted by Crippen LogP contribution is 2.26. The standard InChI is InChI=1S/C21H25N3O4S/c1-14-11-15(2)13-24(12-14)29(27,28)19-9-5-17(6-10-19)21(26)23-18-7-3-16(4-8-18)20(22)25/h3-10,14-15H,11-13H2,1-2H3,(H2,22,25)(H,23,26)/t14-,15-/m1/s1. The molecule has 154 valence electrons. The van der Waals surface area contributed by atoms with Gasteiger partial charge in [-0.15, -0.1) is 0 Å².